The van der Waals surface area contributed by atoms with E-state index in [-0.39, 0.29) is 0 Å². The Morgan fingerprint density at radius 3 is 1.24 bits per heavy atom. The zero-order chi connectivity index (χ0) is 15.3. The van der Waals surface area contributed by atoms with Gasteiger partial charge in [-0.25, -0.2) is 0 Å². The van der Waals surface area contributed by atoms with E-state index < -0.39 is 8.40 Å². The van der Waals surface area contributed by atoms with Gasteiger partial charge in [0.05, 0.1) is 0 Å². The molecule has 0 radical (unpaired) electrons. The zero-order valence-electron chi connectivity index (χ0n) is 13.6. The Labute approximate surface area is 130 Å². The monoisotopic (exact) mass is 298 g/mol. The van der Waals surface area contributed by atoms with Crippen molar-refractivity contribution in [3.05, 3.63) is 71.8 Å². The Hall–Kier alpha value is -1.42. The molecule has 0 amide bonds. The van der Waals surface area contributed by atoms with Crippen LogP contribution in [0.3, 0.4) is 0 Å². The van der Waals surface area contributed by atoms with E-state index in [1.54, 1.807) is 0 Å². The van der Waals surface area contributed by atoms with Crippen LogP contribution in [0.5, 0.6) is 0 Å². The highest BCUT2D eigenvalue weighted by atomic mass is 28.3. The molecule has 2 rings (SSSR count). The Balaban J connectivity index is 2.34. The van der Waals surface area contributed by atoms with Crippen LogP contribution in [0.25, 0.3) is 0 Å². The summed E-state index contributed by atoms with van der Waals surface area (Å²) >= 11 is 0. The minimum atomic E-state index is -1.77. The quantitative estimate of drug-likeness (QED) is 0.756. The fourth-order valence-electron chi connectivity index (χ4n) is 2.94. The maximum Gasteiger partial charge on any atom is 0.214 e. The lowest BCUT2D eigenvalue weighted by molar-refractivity contribution is 0.471. The summed E-state index contributed by atoms with van der Waals surface area (Å²) in [4.78, 5) is 0. The first-order valence-electron chi connectivity index (χ1n) is 7.47. The lowest BCUT2D eigenvalue weighted by Gasteiger charge is -2.43. The summed E-state index contributed by atoms with van der Waals surface area (Å²) in [6, 6.07) is 24.0. The first kappa shape index (κ1) is 16.0. The number of hydrogen-bond donors (Lipinski definition) is 0. The van der Waals surface area contributed by atoms with Crippen LogP contribution in [0.1, 0.15) is 11.1 Å². The maximum atomic E-state index is 2.48. The van der Waals surface area contributed by atoms with Gasteiger partial charge in [0, 0.05) is 0 Å². The molecule has 0 unspecified atom stereocenters. The standard InChI is InChI=1S/C18H26N2Si/c1-19(2)21(20(3)4,15-17-11-7-5-8-12-17)16-18-13-9-6-10-14-18/h5-14H,15-16H2,1-4H3. The second-order valence-electron chi connectivity index (χ2n) is 6.10. The van der Waals surface area contributed by atoms with E-state index in [2.05, 4.69) is 98.0 Å². The summed E-state index contributed by atoms with van der Waals surface area (Å²) in [6.07, 6.45) is 0. The van der Waals surface area contributed by atoms with Gasteiger partial charge in [0.25, 0.3) is 0 Å². The Bertz CT molecular complexity index is 486. The molecule has 2 aromatic carbocycles. The van der Waals surface area contributed by atoms with Crippen LogP contribution >= 0.6 is 0 Å². The van der Waals surface area contributed by atoms with Crippen LogP contribution in [-0.4, -0.2) is 45.7 Å². The summed E-state index contributed by atoms with van der Waals surface area (Å²) < 4.78 is 4.96. The maximum absolute atomic E-state index is 2.48. The van der Waals surface area contributed by atoms with Crippen LogP contribution in [0.4, 0.5) is 0 Å². The van der Waals surface area contributed by atoms with Gasteiger partial charge in [-0.15, -0.1) is 0 Å². The first-order valence-corrected chi connectivity index (χ1v) is 9.78. The Morgan fingerprint density at radius 1 is 0.619 bits per heavy atom. The molecule has 0 aromatic heterocycles. The van der Waals surface area contributed by atoms with Gasteiger partial charge in [0.1, 0.15) is 0 Å². The Morgan fingerprint density at radius 2 is 0.952 bits per heavy atom. The molecular formula is C18H26N2Si. The molecule has 0 saturated heterocycles. The molecule has 0 heterocycles. The minimum Gasteiger partial charge on any atom is -0.317 e. The summed E-state index contributed by atoms with van der Waals surface area (Å²) in [6.45, 7) is 0. The van der Waals surface area contributed by atoms with Gasteiger partial charge in [-0.05, 0) is 51.4 Å². The molecule has 2 nitrogen and oxygen atoms in total. The third kappa shape index (κ3) is 3.82. The first-order chi connectivity index (χ1) is 10.0. The summed E-state index contributed by atoms with van der Waals surface area (Å²) in [7, 11) is 7.17. The molecule has 0 saturated carbocycles. The molecule has 0 aliphatic rings. The topological polar surface area (TPSA) is 6.48 Å². The smallest absolute Gasteiger partial charge is 0.214 e. The predicted octanol–water partition coefficient (Wildman–Crippen LogP) is 3.12. The van der Waals surface area contributed by atoms with Crippen LogP contribution in [0.2, 0.25) is 0 Å². The molecule has 0 spiro atoms. The number of benzene rings is 2. The number of rotatable bonds is 6. The molecule has 0 atom stereocenters. The van der Waals surface area contributed by atoms with Crippen LogP contribution < -0.4 is 0 Å². The van der Waals surface area contributed by atoms with Crippen molar-refractivity contribution in [1.29, 1.82) is 0 Å². The summed E-state index contributed by atoms with van der Waals surface area (Å²) in [5, 5.41) is 0. The lowest BCUT2D eigenvalue weighted by atomic mass is 10.2. The largest absolute Gasteiger partial charge is 0.317 e. The van der Waals surface area contributed by atoms with Crippen molar-refractivity contribution in [1.82, 2.24) is 9.13 Å². The van der Waals surface area contributed by atoms with E-state index in [9.17, 15) is 0 Å². The van der Waals surface area contributed by atoms with Crippen molar-refractivity contribution in [2.75, 3.05) is 28.2 Å². The van der Waals surface area contributed by atoms with E-state index in [1.165, 1.54) is 11.1 Å². The molecule has 0 aliphatic carbocycles. The summed E-state index contributed by atoms with van der Waals surface area (Å²) in [5.74, 6) is 0. The van der Waals surface area contributed by atoms with Crippen LogP contribution in [0, 0.1) is 0 Å². The van der Waals surface area contributed by atoms with Crippen LogP contribution in [-0.2, 0) is 12.1 Å². The van der Waals surface area contributed by atoms with E-state index in [0.29, 0.717) is 0 Å². The van der Waals surface area contributed by atoms with Gasteiger partial charge in [0.2, 0.25) is 8.40 Å². The van der Waals surface area contributed by atoms with E-state index >= 15 is 0 Å². The molecule has 21 heavy (non-hydrogen) atoms. The van der Waals surface area contributed by atoms with Crippen molar-refractivity contribution in [2.24, 2.45) is 0 Å². The van der Waals surface area contributed by atoms with E-state index in [1.807, 2.05) is 0 Å². The van der Waals surface area contributed by atoms with Gasteiger partial charge >= 0.3 is 0 Å². The summed E-state index contributed by atoms with van der Waals surface area (Å²) in [5.41, 5.74) is 2.87. The highest BCUT2D eigenvalue weighted by molar-refractivity contribution is 6.73. The van der Waals surface area contributed by atoms with Crippen molar-refractivity contribution < 1.29 is 0 Å². The van der Waals surface area contributed by atoms with E-state index in [0.717, 1.165) is 12.1 Å². The molecule has 0 fully saturated rings. The third-order valence-electron chi connectivity index (χ3n) is 4.33. The lowest BCUT2D eigenvalue weighted by Crippen LogP contribution is -2.64. The number of nitrogens with zero attached hydrogens (tertiary/aromatic N) is 2. The molecule has 112 valence electrons. The molecule has 3 heteroatoms. The zero-order valence-corrected chi connectivity index (χ0v) is 14.6. The number of hydrogen-bond acceptors (Lipinski definition) is 2. The molecule has 0 bridgehead atoms. The Kier molecular flexibility index (Phi) is 5.34. The molecule has 0 N–H and O–H groups in total. The fourth-order valence-corrected chi connectivity index (χ4v) is 6.91. The average molecular weight is 299 g/mol. The van der Waals surface area contributed by atoms with Gasteiger partial charge < -0.3 is 9.13 Å². The van der Waals surface area contributed by atoms with Crippen molar-refractivity contribution >= 4 is 8.40 Å². The fraction of sp³-hybridized carbons (Fsp3) is 0.333. The minimum absolute atomic E-state index is 1.14. The average Bonchev–Trinajstić information content (AvgIpc) is 2.48. The highest BCUT2D eigenvalue weighted by Gasteiger charge is 2.39. The van der Waals surface area contributed by atoms with Gasteiger partial charge in [-0.2, -0.15) is 0 Å². The third-order valence-corrected chi connectivity index (χ3v) is 9.60. The van der Waals surface area contributed by atoms with Crippen molar-refractivity contribution in [3.63, 3.8) is 0 Å². The normalized spacial score (nSPS) is 12.1. The second-order valence-corrected chi connectivity index (χ2v) is 10.6. The molecule has 0 aliphatic heterocycles. The molecule has 2 aromatic rings. The predicted molar refractivity (Wildman–Crippen MR) is 93.4 cm³/mol. The van der Waals surface area contributed by atoms with Gasteiger partial charge in [0.15, 0.2) is 0 Å². The highest BCUT2D eigenvalue weighted by Crippen LogP contribution is 2.21. The van der Waals surface area contributed by atoms with Crippen molar-refractivity contribution in [3.8, 4) is 0 Å². The van der Waals surface area contributed by atoms with Gasteiger partial charge in [-0.3, -0.25) is 0 Å². The second kappa shape index (κ2) is 7.03. The van der Waals surface area contributed by atoms with Crippen molar-refractivity contribution in [2.45, 2.75) is 12.1 Å². The SMILES string of the molecule is CN(C)[Si](Cc1ccccc1)(Cc1ccccc1)N(C)C. The van der Waals surface area contributed by atoms with Gasteiger partial charge in [-0.1, -0.05) is 60.7 Å². The van der Waals surface area contributed by atoms with Crippen LogP contribution in [0.15, 0.2) is 60.7 Å². The van der Waals surface area contributed by atoms with E-state index in [4.69, 9.17) is 0 Å². The molecular weight excluding hydrogens is 272 g/mol.